The van der Waals surface area contributed by atoms with Crippen molar-refractivity contribution in [3.63, 3.8) is 0 Å². The van der Waals surface area contributed by atoms with Gasteiger partial charge in [0.05, 0.1) is 0 Å². The molecule has 2 radical (unpaired) electrons. The van der Waals surface area contributed by atoms with Crippen molar-refractivity contribution < 1.29 is 0 Å². The SMILES string of the molecule is CCc1cccc[c]1[Sn][c]1ccccc1CC. The van der Waals surface area contributed by atoms with Crippen molar-refractivity contribution in [1.29, 1.82) is 0 Å². The Labute approximate surface area is 114 Å². The van der Waals surface area contributed by atoms with Gasteiger partial charge in [-0.2, -0.15) is 0 Å². The Morgan fingerprint density at radius 3 is 1.53 bits per heavy atom. The normalized spacial score (nSPS) is 10.5. The van der Waals surface area contributed by atoms with Crippen LogP contribution >= 0.6 is 0 Å². The van der Waals surface area contributed by atoms with Gasteiger partial charge in [0.1, 0.15) is 0 Å². The summed E-state index contributed by atoms with van der Waals surface area (Å²) in [6, 6.07) is 17.9. The molecule has 17 heavy (non-hydrogen) atoms. The predicted molar refractivity (Wildman–Crippen MR) is 76.7 cm³/mol. The van der Waals surface area contributed by atoms with Crippen molar-refractivity contribution in [2.24, 2.45) is 0 Å². The third-order valence-corrected chi connectivity index (χ3v) is 7.39. The molecule has 0 bridgehead atoms. The van der Waals surface area contributed by atoms with Gasteiger partial charge in [-0.15, -0.1) is 0 Å². The number of hydrogen-bond donors (Lipinski definition) is 0. The Kier molecular flexibility index (Phi) is 4.66. The number of aryl methyl sites for hydroxylation is 2. The molecule has 0 unspecified atom stereocenters. The molecule has 0 aromatic heterocycles. The van der Waals surface area contributed by atoms with Crippen molar-refractivity contribution >= 4 is 28.3 Å². The van der Waals surface area contributed by atoms with Gasteiger partial charge >= 0.3 is 115 Å². The van der Waals surface area contributed by atoms with Gasteiger partial charge in [0, 0.05) is 0 Å². The van der Waals surface area contributed by atoms with Crippen molar-refractivity contribution in [3.05, 3.63) is 59.7 Å². The van der Waals surface area contributed by atoms with Crippen molar-refractivity contribution in [2.75, 3.05) is 0 Å². The van der Waals surface area contributed by atoms with Crippen molar-refractivity contribution in [3.8, 4) is 0 Å². The van der Waals surface area contributed by atoms with Crippen molar-refractivity contribution in [2.45, 2.75) is 26.7 Å². The molecule has 0 amide bonds. The molecule has 0 saturated carbocycles. The molecule has 0 saturated heterocycles. The van der Waals surface area contributed by atoms with Gasteiger partial charge in [-0.3, -0.25) is 0 Å². The van der Waals surface area contributed by atoms with Crippen LogP contribution < -0.4 is 7.16 Å². The second kappa shape index (κ2) is 6.25. The van der Waals surface area contributed by atoms with Crippen LogP contribution in [0.1, 0.15) is 25.0 Å². The average molecular weight is 329 g/mol. The fraction of sp³-hybridized carbons (Fsp3) is 0.250. The third kappa shape index (κ3) is 3.12. The Balaban J connectivity index is 2.31. The van der Waals surface area contributed by atoms with Gasteiger partial charge in [0.15, 0.2) is 0 Å². The monoisotopic (exact) mass is 330 g/mol. The van der Waals surface area contributed by atoms with Crippen LogP contribution in [0.3, 0.4) is 0 Å². The van der Waals surface area contributed by atoms with E-state index >= 15 is 0 Å². The van der Waals surface area contributed by atoms with Gasteiger partial charge < -0.3 is 0 Å². The van der Waals surface area contributed by atoms with E-state index in [1.165, 1.54) is 0 Å². The van der Waals surface area contributed by atoms with E-state index in [1.807, 2.05) is 0 Å². The molecule has 2 aromatic carbocycles. The molecule has 86 valence electrons. The average Bonchev–Trinajstić information content (AvgIpc) is 2.40. The standard InChI is InChI=1S/2C8H9.Sn/c2*1-2-8-6-4-3-5-7-8;/h2*3-6H,2H2,1H3;. The number of rotatable bonds is 4. The van der Waals surface area contributed by atoms with Crippen LogP contribution in [0.5, 0.6) is 0 Å². The Bertz CT molecular complexity index is 443. The zero-order chi connectivity index (χ0) is 12.1. The molecular weight excluding hydrogens is 311 g/mol. The first-order valence-electron chi connectivity index (χ1n) is 6.28. The molecule has 0 N–H and O–H groups in total. The summed E-state index contributed by atoms with van der Waals surface area (Å²) in [4.78, 5) is 0. The fourth-order valence-electron chi connectivity index (χ4n) is 2.05. The quantitative estimate of drug-likeness (QED) is 0.756. The first-order chi connectivity index (χ1) is 8.35. The minimum absolute atomic E-state index is 0.623. The van der Waals surface area contributed by atoms with E-state index in [2.05, 4.69) is 62.4 Å². The van der Waals surface area contributed by atoms with Gasteiger partial charge in [0.2, 0.25) is 0 Å². The van der Waals surface area contributed by atoms with Crippen LogP contribution in [0.4, 0.5) is 0 Å². The van der Waals surface area contributed by atoms with E-state index in [1.54, 1.807) is 18.3 Å². The molecule has 0 aliphatic heterocycles. The first-order valence-corrected chi connectivity index (χ1v) is 9.13. The Morgan fingerprint density at radius 2 is 1.12 bits per heavy atom. The predicted octanol–water partition coefficient (Wildman–Crippen LogP) is 2.47. The summed E-state index contributed by atoms with van der Waals surface area (Å²) < 4.78 is 3.28. The number of hydrogen-bond acceptors (Lipinski definition) is 0. The summed E-state index contributed by atoms with van der Waals surface area (Å²) in [5.41, 5.74) is 3.09. The molecule has 2 rings (SSSR count). The maximum atomic E-state index is 2.33. The molecule has 0 aliphatic carbocycles. The van der Waals surface area contributed by atoms with Gasteiger partial charge in [-0.25, -0.2) is 0 Å². The number of benzene rings is 2. The van der Waals surface area contributed by atoms with Crippen LogP contribution in [-0.4, -0.2) is 21.1 Å². The fourth-order valence-corrected chi connectivity index (χ4v) is 6.30. The Morgan fingerprint density at radius 1 is 0.706 bits per heavy atom. The molecule has 0 atom stereocenters. The van der Waals surface area contributed by atoms with Crippen LogP contribution in [0.15, 0.2) is 48.5 Å². The summed E-state index contributed by atoms with van der Waals surface area (Å²) in [6.45, 7) is 4.51. The molecule has 0 heterocycles. The minimum atomic E-state index is -0.623. The van der Waals surface area contributed by atoms with E-state index in [0.717, 1.165) is 12.8 Å². The summed E-state index contributed by atoms with van der Waals surface area (Å²) in [6.07, 6.45) is 2.32. The third-order valence-electron chi connectivity index (χ3n) is 3.07. The van der Waals surface area contributed by atoms with E-state index in [4.69, 9.17) is 0 Å². The molecule has 1 heteroatoms. The molecule has 0 spiro atoms. The van der Waals surface area contributed by atoms with E-state index in [-0.39, 0.29) is 0 Å². The second-order valence-electron chi connectivity index (χ2n) is 4.15. The summed E-state index contributed by atoms with van der Waals surface area (Å²) in [5.74, 6) is 0. The summed E-state index contributed by atoms with van der Waals surface area (Å²) in [5, 5.41) is 0. The van der Waals surface area contributed by atoms with Crippen LogP contribution in [-0.2, 0) is 12.8 Å². The first kappa shape index (κ1) is 12.7. The topological polar surface area (TPSA) is 0 Å². The zero-order valence-corrected chi connectivity index (χ0v) is 13.4. The molecule has 0 fully saturated rings. The van der Waals surface area contributed by atoms with E-state index in [0.29, 0.717) is 0 Å². The second-order valence-corrected chi connectivity index (χ2v) is 7.93. The summed E-state index contributed by atoms with van der Waals surface area (Å²) in [7, 11) is 0. The summed E-state index contributed by atoms with van der Waals surface area (Å²) >= 11 is -0.623. The van der Waals surface area contributed by atoms with E-state index in [9.17, 15) is 0 Å². The van der Waals surface area contributed by atoms with Gasteiger partial charge in [-0.05, 0) is 0 Å². The zero-order valence-electron chi connectivity index (χ0n) is 10.5. The van der Waals surface area contributed by atoms with Crippen LogP contribution in [0, 0.1) is 0 Å². The van der Waals surface area contributed by atoms with Crippen LogP contribution in [0.25, 0.3) is 0 Å². The Hall–Kier alpha value is -0.761. The van der Waals surface area contributed by atoms with E-state index < -0.39 is 21.1 Å². The maximum absolute atomic E-state index is 2.33. The molecular formula is C16H18Sn. The van der Waals surface area contributed by atoms with Crippen LogP contribution in [0.2, 0.25) is 0 Å². The van der Waals surface area contributed by atoms with Gasteiger partial charge in [0.25, 0.3) is 0 Å². The van der Waals surface area contributed by atoms with Crippen molar-refractivity contribution in [1.82, 2.24) is 0 Å². The molecule has 0 aliphatic rings. The molecule has 0 nitrogen and oxygen atoms in total. The van der Waals surface area contributed by atoms with Gasteiger partial charge in [-0.1, -0.05) is 0 Å². The molecule has 2 aromatic rings.